The molecule has 0 aliphatic rings. The van der Waals surface area contributed by atoms with Crippen LogP contribution in [-0.2, 0) is 20.2 Å². The summed E-state index contributed by atoms with van der Waals surface area (Å²) in [6.07, 6.45) is 0. The molecule has 2 aromatic carbocycles. The fourth-order valence-electron chi connectivity index (χ4n) is 3.30. The highest BCUT2D eigenvalue weighted by Crippen LogP contribution is 2.29. The number of aliphatic hydroxyl groups excluding tert-OH is 1. The summed E-state index contributed by atoms with van der Waals surface area (Å²) in [6.45, 7) is 6.96. The van der Waals surface area contributed by atoms with Gasteiger partial charge in [0.1, 0.15) is 5.75 Å². The van der Waals surface area contributed by atoms with Gasteiger partial charge in [0.05, 0.1) is 24.8 Å². The first kappa shape index (κ1) is 18.3. The van der Waals surface area contributed by atoms with Crippen molar-refractivity contribution in [3.05, 3.63) is 52.4 Å². The summed E-state index contributed by atoms with van der Waals surface area (Å²) < 4.78 is 8.81. The van der Waals surface area contributed by atoms with E-state index in [1.54, 1.807) is 18.7 Å². The van der Waals surface area contributed by atoms with Crippen LogP contribution in [0.4, 0.5) is 0 Å². The molecule has 0 atom stereocenters. The van der Waals surface area contributed by atoms with Gasteiger partial charge in [0.15, 0.2) is 0 Å². The van der Waals surface area contributed by atoms with Crippen molar-refractivity contribution in [2.24, 2.45) is 12.5 Å². The maximum Gasteiger partial charge on any atom is 0.328 e. The zero-order valence-electron chi connectivity index (χ0n) is 16.0. The molecule has 0 aliphatic heterocycles. The molecule has 5 heteroatoms. The predicted octanol–water partition coefficient (Wildman–Crippen LogP) is 3.55. The highest BCUT2D eigenvalue weighted by Gasteiger charge is 2.18. The van der Waals surface area contributed by atoms with E-state index < -0.39 is 0 Å². The molecule has 0 unspecified atom stereocenters. The summed E-state index contributed by atoms with van der Waals surface area (Å²) in [5.74, 6) is 0.668. The van der Waals surface area contributed by atoms with Gasteiger partial charge in [-0.3, -0.25) is 9.13 Å². The van der Waals surface area contributed by atoms with Gasteiger partial charge in [0.2, 0.25) is 0 Å². The SMILES string of the molecule is COc1ccc(-c2ccc3c(c2)n(C)c(=O)n3CC(C)(C)C)cc1CO. The first-order valence-electron chi connectivity index (χ1n) is 8.72. The van der Waals surface area contributed by atoms with Crippen LogP contribution in [0.25, 0.3) is 22.2 Å². The number of aliphatic hydroxyl groups is 1. The Morgan fingerprint density at radius 3 is 2.31 bits per heavy atom. The molecular formula is C21H26N2O3. The van der Waals surface area contributed by atoms with Crippen molar-refractivity contribution in [3.63, 3.8) is 0 Å². The van der Waals surface area contributed by atoms with Crippen LogP contribution in [0.2, 0.25) is 0 Å². The lowest BCUT2D eigenvalue weighted by atomic mass is 9.97. The van der Waals surface area contributed by atoms with Crippen molar-refractivity contribution in [3.8, 4) is 16.9 Å². The molecule has 3 rings (SSSR count). The van der Waals surface area contributed by atoms with Gasteiger partial charge in [0.25, 0.3) is 0 Å². The molecule has 0 spiro atoms. The predicted molar refractivity (Wildman–Crippen MR) is 105 cm³/mol. The third-order valence-corrected chi connectivity index (χ3v) is 4.56. The number of methoxy groups -OCH3 is 1. The van der Waals surface area contributed by atoms with Crippen LogP contribution >= 0.6 is 0 Å². The second-order valence-corrected chi connectivity index (χ2v) is 7.88. The van der Waals surface area contributed by atoms with Crippen molar-refractivity contribution >= 4 is 11.0 Å². The van der Waals surface area contributed by atoms with E-state index in [-0.39, 0.29) is 17.7 Å². The minimum Gasteiger partial charge on any atom is -0.496 e. The highest BCUT2D eigenvalue weighted by molar-refractivity contribution is 5.83. The smallest absolute Gasteiger partial charge is 0.328 e. The molecule has 138 valence electrons. The minimum atomic E-state index is -0.0836. The molecule has 0 aliphatic carbocycles. The second-order valence-electron chi connectivity index (χ2n) is 7.88. The summed E-state index contributed by atoms with van der Waals surface area (Å²) in [7, 11) is 3.40. The Morgan fingerprint density at radius 1 is 1.04 bits per heavy atom. The molecule has 0 saturated heterocycles. The second kappa shape index (κ2) is 6.65. The Hall–Kier alpha value is -2.53. The molecular weight excluding hydrogens is 328 g/mol. The van der Waals surface area contributed by atoms with Crippen LogP contribution in [0.1, 0.15) is 26.3 Å². The number of benzene rings is 2. The molecule has 0 bridgehead atoms. The van der Waals surface area contributed by atoms with E-state index in [0.29, 0.717) is 12.3 Å². The van der Waals surface area contributed by atoms with Gasteiger partial charge >= 0.3 is 5.69 Å². The lowest BCUT2D eigenvalue weighted by Gasteiger charge is -2.18. The van der Waals surface area contributed by atoms with Crippen molar-refractivity contribution in [1.29, 1.82) is 0 Å². The first-order valence-corrected chi connectivity index (χ1v) is 8.72. The number of hydrogen-bond acceptors (Lipinski definition) is 3. The lowest BCUT2D eigenvalue weighted by molar-refractivity contribution is 0.274. The Kier molecular flexibility index (Phi) is 4.67. The zero-order chi connectivity index (χ0) is 19.1. The molecule has 1 heterocycles. The van der Waals surface area contributed by atoms with Crippen LogP contribution in [0, 0.1) is 5.41 Å². The van der Waals surface area contributed by atoms with Gasteiger partial charge in [-0.05, 0) is 40.8 Å². The van der Waals surface area contributed by atoms with Gasteiger partial charge < -0.3 is 9.84 Å². The summed E-state index contributed by atoms with van der Waals surface area (Å²) >= 11 is 0. The van der Waals surface area contributed by atoms with Crippen molar-refractivity contribution in [1.82, 2.24) is 9.13 Å². The third kappa shape index (κ3) is 3.27. The third-order valence-electron chi connectivity index (χ3n) is 4.56. The number of imidazole rings is 1. The van der Waals surface area contributed by atoms with Crippen molar-refractivity contribution in [2.75, 3.05) is 7.11 Å². The summed E-state index contributed by atoms with van der Waals surface area (Å²) in [5, 5.41) is 9.56. The van der Waals surface area contributed by atoms with Crippen molar-refractivity contribution < 1.29 is 9.84 Å². The zero-order valence-corrected chi connectivity index (χ0v) is 16.0. The van der Waals surface area contributed by atoms with E-state index in [0.717, 1.165) is 27.7 Å². The van der Waals surface area contributed by atoms with Crippen LogP contribution in [-0.4, -0.2) is 21.4 Å². The number of fused-ring (bicyclic) bond motifs is 1. The van der Waals surface area contributed by atoms with Crippen molar-refractivity contribution in [2.45, 2.75) is 33.9 Å². The minimum absolute atomic E-state index is 0.00199. The van der Waals surface area contributed by atoms with Gasteiger partial charge in [-0.25, -0.2) is 4.79 Å². The maximum absolute atomic E-state index is 12.7. The van der Waals surface area contributed by atoms with E-state index in [1.165, 1.54) is 0 Å². The van der Waals surface area contributed by atoms with Crippen LogP contribution < -0.4 is 10.4 Å². The van der Waals surface area contributed by atoms with Crippen LogP contribution in [0.5, 0.6) is 5.75 Å². The molecule has 1 N–H and O–H groups in total. The fraction of sp³-hybridized carbons (Fsp3) is 0.381. The Morgan fingerprint density at radius 2 is 1.69 bits per heavy atom. The van der Waals surface area contributed by atoms with E-state index in [9.17, 15) is 9.90 Å². The summed E-state index contributed by atoms with van der Waals surface area (Å²) in [4.78, 5) is 12.7. The van der Waals surface area contributed by atoms with E-state index in [2.05, 4.69) is 20.8 Å². The fourth-order valence-corrected chi connectivity index (χ4v) is 3.30. The molecule has 0 radical (unpaired) electrons. The molecule has 3 aromatic rings. The van der Waals surface area contributed by atoms with E-state index in [1.807, 2.05) is 41.0 Å². The average Bonchev–Trinajstić information content (AvgIpc) is 2.84. The Bertz CT molecular complexity index is 1010. The average molecular weight is 354 g/mol. The molecule has 5 nitrogen and oxygen atoms in total. The number of hydrogen-bond donors (Lipinski definition) is 1. The largest absolute Gasteiger partial charge is 0.496 e. The maximum atomic E-state index is 12.7. The number of nitrogens with zero attached hydrogens (tertiary/aromatic N) is 2. The first-order chi connectivity index (χ1) is 12.2. The van der Waals surface area contributed by atoms with E-state index in [4.69, 9.17) is 4.74 Å². The van der Waals surface area contributed by atoms with Gasteiger partial charge in [-0.15, -0.1) is 0 Å². The van der Waals surface area contributed by atoms with E-state index >= 15 is 0 Å². The van der Waals surface area contributed by atoms with Gasteiger partial charge in [-0.2, -0.15) is 0 Å². The van der Waals surface area contributed by atoms with Crippen LogP contribution in [0.3, 0.4) is 0 Å². The molecule has 26 heavy (non-hydrogen) atoms. The summed E-state index contributed by atoms with van der Waals surface area (Å²) in [5.41, 5.74) is 4.57. The number of aryl methyl sites for hydroxylation is 1. The van der Waals surface area contributed by atoms with Gasteiger partial charge in [-0.1, -0.05) is 32.9 Å². The normalized spacial score (nSPS) is 11.9. The molecule has 0 saturated carbocycles. The molecule has 1 aromatic heterocycles. The Labute approximate surface area is 153 Å². The lowest BCUT2D eigenvalue weighted by Crippen LogP contribution is -2.27. The number of ether oxygens (including phenoxy) is 1. The van der Waals surface area contributed by atoms with Crippen LogP contribution in [0.15, 0.2) is 41.2 Å². The summed E-state index contributed by atoms with van der Waals surface area (Å²) in [6, 6.07) is 11.8. The quantitative estimate of drug-likeness (QED) is 0.779. The molecule has 0 fully saturated rings. The number of rotatable bonds is 4. The number of aromatic nitrogens is 2. The monoisotopic (exact) mass is 354 g/mol. The standard InChI is InChI=1S/C21H26N2O3/c1-21(2,3)13-23-17-8-6-15(11-18(17)22(4)20(23)25)14-7-9-19(26-5)16(10-14)12-24/h6-11,24H,12-13H2,1-5H3. The van der Waals surface area contributed by atoms with Gasteiger partial charge in [0, 0.05) is 19.2 Å². The molecule has 0 amide bonds. The topological polar surface area (TPSA) is 56.4 Å². The Balaban J connectivity index is 2.14. The highest BCUT2D eigenvalue weighted by atomic mass is 16.5.